The van der Waals surface area contributed by atoms with Gasteiger partial charge in [0.1, 0.15) is 0 Å². The van der Waals surface area contributed by atoms with Crippen LogP contribution >= 0.6 is 0 Å². The van der Waals surface area contributed by atoms with E-state index in [-0.39, 0.29) is 5.91 Å². The zero-order chi connectivity index (χ0) is 25.0. The highest BCUT2D eigenvalue weighted by Gasteiger charge is 2.31. The highest BCUT2D eigenvalue weighted by Crippen LogP contribution is 2.32. The Bertz CT molecular complexity index is 1150. The van der Waals surface area contributed by atoms with Crippen molar-refractivity contribution in [3.63, 3.8) is 0 Å². The molecule has 1 atom stereocenters. The summed E-state index contributed by atoms with van der Waals surface area (Å²) in [5, 5.41) is 11.7. The Labute approximate surface area is 203 Å². The molecule has 0 aliphatic carbocycles. The van der Waals surface area contributed by atoms with E-state index in [4.69, 9.17) is 0 Å². The van der Waals surface area contributed by atoms with Crippen LogP contribution in [0.5, 0.6) is 0 Å². The molecule has 35 heavy (non-hydrogen) atoms. The first-order chi connectivity index (χ1) is 16.7. The number of carbonyl (C=O) groups is 1. The van der Waals surface area contributed by atoms with Gasteiger partial charge in [0.2, 0.25) is 5.91 Å². The number of aliphatic hydroxyl groups excluding tert-OH is 1. The summed E-state index contributed by atoms with van der Waals surface area (Å²) in [5.41, 5.74) is 0.848. The topological polar surface area (TPSA) is 48.7 Å². The summed E-state index contributed by atoms with van der Waals surface area (Å²) < 4.78 is 40.6. The molecule has 0 radical (unpaired) electrons. The number of alkyl halides is 3. The number of aromatic nitrogens is 1. The number of carbonyl (C=O) groups excluding carboxylic acids is 1. The number of benzene rings is 2. The monoisotopic (exact) mass is 487 g/mol. The Kier molecular flexibility index (Phi) is 7.82. The quantitative estimate of drug-likeness (QED) is 0.412. The van der Waals surface area contributed by atoms with Crippen molar-refractivity contribution in [3.05, 3.63) is 66.0 Å². The Morgan fingerprint density at radius 1 is 0.971 bits per heavy atom. The highest BCUT2D eigenvalue weighted by molar-refractivity contribution is 5.89. The normalized spacial score (nSPS) is 16.1. The average molecular weight is 488 g/mol. The maximum Gasteiger partial charge on any atom is 0.416 e. The minimum atomic E-state index is -4.32. The fourth-order valence-electron chi connectivity index (χ4n) is 4.59. The lowest BCUT2D eigenvalue weighted by Gasteiger charge is -2.36. The number of hydrogen-bond acceptors (Lipinski definition) is 4. The van der Waals surface area contributed by atoms with E-state index in [1.807, 2.05) is 35.5 Å². The number of hydrogen-bond donors (Lipinski definition) is 1. The molecule has 2 aromatic carbocycles. The lowest BCUT2D eigenvalue weighted by molar-refractivity contribution is -0.137. The fraction of sp³-hybridized carbons (Fsp3) is 0.444. The predicted octanol–water partition coefficient (Wildman–Crippen LogP) is 5.74. The van der Waals surface area contributed by atoms with E-state index >= 15 is 0 Å². The van der Waals surface area contributed by atoms with E-state index < -0.39 is 17.8 Å². The second-order valence-electron chi connectivity index (χ2n) is 9.31. The fourth-order valence-corrected chi connectivity index (χ4v) is 4.59. The van der Waals surface area contributed by atoms with Crippen molar-refractivity contribution >= 4 is 22.4 Å². The molecule has 1 aromatic heterocycles. The van der Waals surface area contributed by atoms with Gasteiger partial charge in [0.25, 0.3) is 0 Å². The van der Waals surface area contributed by atoms with E-state index in [0.717, 1.165) is 61.3 Å². The largest absolute Gasteiger partial charge is 0.416 e. The van der Waals surface area contributed by atoms with Gasteiger partial charge >= 0.3 is 6.18 Å². The number of rotatable bonds is 8. The first-order valence-corrected chi connectivity index (χ1v) is 12.2. The van der Waals surface area contributed by atoms with Crippen molar-refractivity contribution in [3.8, 4) is 0 Å². The van der Waals surface area contributed by atoms with Crippen LogP contribution in [0.3, 0.4) is 0 Å². The van der Waals surface area contributed by atoms with Crippen molar-refractivity contribution in [2.75, 3.05) is 37.6 Å². The van der Waals surface area contributed by atoms with Crippen molar-refractivity contribution < 1.29 is 23.1 Å². The maximum absolute atomic E-state index is 13.0. The minimum Gasteiger partial charge on any atom is -0.389 e. The SMILES string of the molecule is CC(O)c1ccc2cn(C(=O)CCCCCN3CCN(c4cccc(C(F)(F)F)c4)CC3)cc2c1. The summed E-state index contributed by atoms with van der Waals surface area (Å²) in [7, 11) is 0. The van der Waals surface area contributed by atoms with Gasteiger partial charge in [0, 0.05) is 56.1 Å². The van der Waals surface area contributed by atoms with Gasteiger partial charge in [-0.15, -0.1) is 0 Å². The van der Waals surface area contributed by atoms with Crippen molar-refractivity contribution in [2.24, 2.45) is 0 Å². The van der Waals surface area contributed by atoms with E-state index in [1.165, 1.54) is 12.1 Å². The van der Waals surface area contributed by atoms with E-state index in [1.54, 1.807) is 17.6 Å². The summed E-state index contributed by atoms with van der Waals surface area (Å²) in [6.45, 7) is 5.70. The Morgan fingerprint density at radius 3 is 2.43 bits per heavy atom. The lowest BCUT2D eigenvalue weighted by Crippen LogP contribution is -2.46. The zero-order valence-electron chi connectivity index (χ0n) is 20.0. The van der Waals surface area contributed by atoms with E-state index in [9.17, 15) is 23.1 Å². The number of halogens is 3. The molecule has 1 N–H and O–H groups in total. The third-order valence-corrected chi connectivity index (χ3v) is 6.71. The third kappa shape index (κ3) is 6.44. The molecule has 8 heteroatoms. The number of nitrogens with zero attached hydrogens (tertiary/aromatic N) is 3. The van der Waals surface area contributed by atoms with Gasteiger partial charge in [-0.3, -0.25) is 14.3 Å². The molecular formula is C27H32F3N3O2. The molecule has 0 saturated carbocycles. The van der Waals surface area contributed by atoms with Crippen LogP contribution in [-0.4, -0.2) is 53.2 Å². The molecule has 4 rings (SSSR count). The number of piperazine rings is 1. The summed E-state index contributed by atoms with van der Waals surface area (Å²) in [6.07, 6.45) is 2.04. The summed E-state index contributed by atoms with van der Waals surface area (Å²) in [5.74, 6) is 0.0644. The van der Waals surface area contributed by atoms with Crippen LogP contribution in [0.4, 0.5) is 18.9 Å². The van der Waals surface area contributed by atoms with Gasteiger partial charge in [-0.2, -0.15) is 13.2 Å². The first-order valence-electron chi connectivity index (χ1n) is 12.2. The minimum absolute atomic E-state index is 0.0644. The molecule has 0 bridgehead atoms. The van der Waals surface area contributed by atoms with Crippen LogP contribution in [0, 0.1) is 0 Å². The molecule has 1 aliphatic heterocycles. The van der Waals surface area contributed by atoms with Crippen LogP contribution in [0.15, 0.2) is 54.9 Å². The molecule has 5 nitrogen and oxygen atoms in total. The first kappa shape index (κ1) is 25.3. The number of unbranched alkanes of at least 4 members (excludes halogenated alkanes) is 2. The van der Waals surface area contributed by atoms with Crippen LogP contribution in [0.25, 0.3) is 10.8 Å². The van der Waals surface area contributed by atoms with E-state index in [0.29, 0.717) is 25.2 Å². The van der Waals surface area contributed by atoms with Gasteiger partial charge in [0.15, 0.2) is 0 Å². The molecule has 1 aliphatic rings. The predicted molar refractivity (Wildman–Crippen MR) is 132 cm³/mol. The van der Waals surface area contributed by atoms with Crippen molar-refractivity contribution in [2.45, 2.75) is 44.9 Å². The number of anilines is 1. The molecule has 0 spiro atoms. The highest BCUT2D eigenvalue weighted by atomic mass is 19.4. The molecule has 1 saturated heterocycles. The molecule has 188 valence electrons. The van der Waals surface area contributed by atoms with Crippen molar-refractivity contribution in [1.82, 2.24) is 9.47 Å². The zero-order valence-corrected chi connectivity index (χ0v) is 20.0. The maximum atomic E-state index is 13.0. The molecule has 1 unspecified atom stereocenters. The second kappa shape index (κ2) is 10.8. The Hall–Kier alpha value is -2.84. The van der Waals surface area contributed by atoms with Crippen molar-refractivity contribution in [1.29, 1.82) is 0 Å². The smallest absolute Gasteiger partial charge is 0.389 e. The van der Waals surface area contributed by atoms with Crippen LogP contribution in [0.2, 0.25) is 0 Å². The summed E-state index contributed by atoms with van der Waals surface area (Å²) in [6, 6.07) is 11.3. The van der Waals surface area contributed by atoms with E-state index in [2.05, 4.69) is 4.90 Å². The van der Waals surface area contributed by atoms with Crippen LogP contribution < -0.4 is 4.90 Å². The third-order valence-electron chi connectivity index (χ3n) is 6.71. The standard InChI is InChI=1S/C27H32F3N3O2/c1-20(34)21-9-10-22-18-33(19-23(22)16-21)26(35)8-3-2-4-11-31-12-14-32(15-13-31)25-7-5-6-24(17-25)27(28,29)30/h5-7,9-10,16-20,34H,2-4,8,11-15H2,1H3. The lowest BCUT2D eigenvalue weighted by atomic mass is 10.1. The number of aliphatic hydroxyl groups is 1. The molecule has 3 aromatic rings. The Morgan fingerprint density at radius 2 is 1.71 bits per heavy atom. The number of fused-ring (bicyclic) bond motifs is 1. The average Bonchev–Trinajstić information content (AvgIpc) is 3.27. The molecular weight excluding hydrogens is 455 g/mol. The van der Waals surface area contributed by atoms with Gasteiger partial charge in [0.05, 0.1) is 11.7 Å². The van der Waals surface area contributed by atoms with Gasteiger partial charge in [-0.05, 0) is 61.5 Å². The van der Waals surface area contributed by atoms with Gasteiger partial charge < -0.3 is 10.0 Å². The second-order valence-corrected chi connectivity index (χ2v) is 9.31. The summed E-state index contributed by atoms with van der Waals surface area (Å²) >= 11 is 0. The van der Waals surface area contributed by atoms with Gasteiger partial charge in [-0.25, -0.2) is 0 Å². The van der Waals surface area contributed by atoms with Gasteiger partial charge in [-0.1, -0.05) is 24.6 Å². The molecule has 1 fully saturated rings. The molecule has 2 heterocycles. The summed E-state index contributed by atoms with van der Waals surface area (Å²) in [4.78, 5) is 16.9. The van der Waals surface area contributed by atoms with Crippen LogP contribution in [0.1, 0.15) is 54.6 Å². The molecule has 0 amide bonds. The Balaban J connectivity index is 1.17. The van der Waals surface area contributed by atoms with Crippen LogP contribution in [-0.2, 0) is 6.18 Å².